The molecule has 0 saturated carbocycles. The predicted molar refractivity (Wildman–Crippen MR) is 77.9 cm³/mol. The molecule has 0 bridgehead atoms. The van der Waals surface area contributed by atoms with Gasteiger partial charge in [0.15, 0.2) is 0 Å². The molecule has 0 saturated heterocycles. The molecule has 0 aliphatic heterocycles. The molecule has 2 aromatic carbocycles. The third-order valence-corrected chi connectivity index (χ3v) is 3.40. The summed E-state index contributed by atoms with van der Waals surface area (Å²) < 4.78 is 32.2. The van der Waals surface area contributed by atoms with Crippen molar-refractivity contribution in [1.29, 1.82) is 0 Å². The molecule has 112 valence electrons. The van der Waals surface area contributed by atoms with Gasteiger partial charge in [0, 0.05) is 11.6 Å². The van der Waals surface area contributed by atoms with Gasteiger partial charge in [-0.25, -0.2) is 8.78 Å². The van der Waals surface area contributed by atoms with Crippen LogP contribution in [0.1, 0.15) is 22.7 Å². The van der Waals surface area contributed by atoms with E-state index in [-0.39, 0.29) is 0 Å². The Morgan fingerprint density at radius 3 is 2.57 bits per heavy atom. The van der Waals surface area contributed by atoms with Crippen LogP contribution in [0.4, 0.5) is 8.78 Å². The minimum atomic E-state index is -0.621. The molecule has 2 aromatic rings. The number of ether oxygens (including phenoxy) is 1. The maximum atomic E-state index is 13.9. The van der Waals surface area contributed by atoms with Crippen molar-refractivity contribution >= 4 is 0 Å². The molecule has 0 aromatic heterocycles. The minimum Gasteiger partial charge on any atom is -0.496 e. The van der Waals surface area contributed by atoms with E-state index in [1.165, 1.54) is 12.1 Å². The number of rotatable bonds is 5. The fourth-order valence-electron chi connectivity index (χ4n) is 2.33. The topological polar surface area (TPSA) is 47.3 Å². The van der Waals surface area contributed by atoms with Crippen molar-refractivity contribution < 1.29 is 13.5 Å². The van der Waals surface area contributed by atoms with Gasteiger partial charge in [0.25, 0.3) is 0 Å². The van der Waals surface area contributed by atoms with Crippen molar-refractivity contribution in [2.75, 3.05) is 7.11 Å². The highest BCUT2D eigenvalue weighted by Gasteiger charge is 2.17. The number of nitrogens with one attached hydrogen (secondary N) is 1. The normalized spacial score (nSPS) is 12.2. The van der Waals surface area contributed by atoms with E-state index in [1.807, 2.05) is 25.1 Å². The van der Waals surface area contributed by atoms with Gasteiger partial charge in [-0.1, -0.05) is 23.8 Å². The minimum absolute atomic E-state index is 0.322. The van der Waals surface area contributed by atoms with E-state index in [0.717, 1.165) is 17.2 Å². The van der Waals surface area contributed by atoms with Gasteiger partial charge in [-0.05, 0) is 31.0 Å². The van der Waals surface area contributed by atoms with Crippen LogP contribution in [-0.4, -0.2) is 7.11 Å². The van der Waals surface area contributed by atoms with Crippen molar-refractivity contribution in [3.8, 4) is 5.75 Å². The monoisotopic (exact) mass is 292 g/mol. The summed E-state index contributed by atoms with van der Waals surface area (Å²) in [4.78, 5) is 0. The van der Waals surface area contributed by atoms with Crippen molar-refractivity contribution in [1.82, 2.24) is 5.43 Å². The molecule has 0 spiro atoms. The maximum absolute atomic E-state index is 13.9. The van der Waals surface area contributed by atoms with E-state index >= 15 is 0 Å². The molecule has 1 atom stereocenters. The van der Waals surface area contributed by atoms with E-state index in [0.29, 0.717) is 17.7 Å². The van der Waals surface area contributed by atoms with Crippen molar-refractivity contribution in [2.24, 2.45) is 5.84 Å². The molecular formula is C16H18F2N2O. The van der Waals surface area contributed by atoms with E-state index in [2.05, 4.69) is 5.43 Å². The van der Waals surface area contributed by atoms with Gasteiger partial charge in [0.2, 0.25) is 0 Å². The van der Waals surface area contributed by atoms with Crippen LogP contribution >= 0.6 is 0 Å². The van der Waals surface area contributed by atoms with Gasteiger partial charge in [0.1, 0.15) is 17.4 Å². The van der Waals surface area contributed by atoms with Crippen molar-refractivity contribution in [3.63, 3.8) is 0 Å². The third-order valence-electron chi connectivity index (χ3n) is 3.40. The zero-order valence-electron chi connectivity index (χ0n) is 12.0. The quantitative estimate of drug-likeness (QED) is 0.658. The predicted octanol–water partition coefficient (Wildman–Crippen LogP) is 3.03. The Balaban J connectivity index is 2.33. The van der Waals surface area contributed by atoms with Gasteiger partial charge in [0.05, 0.1) is 13.2 Å². The Kier molecular flexibility index (Phi) is 4.88. The largest absolute Gasteiger partial charge is 0.496 e. The molecule has 0 heterocycles. The molecule has 1 unspecified atom stereocenters. The second-order valence-corrected chi connectivity index (χ2v) is 4.90. The Bertz CT molecular complexity index is 632. The number of halogens is 2. The first-order valence-electron chi connectivity index (χ1n) is 6.59. The molecule has 0 aliphatic carbocycles. The van der Waals surface area contributed by atoms with E-state index in [4.69, 9.17) is 10.6 Å². The van der Waals surface area contributed by atoms with Crippen molar-refractivity contribution in [2.45, 2.75) is 19.4 Å². The Morgan fingerprint density at radius 1 is 1.19 bits per heavy atom. The average molecular weight is 292 g/mol. The summed E-state index contributed by atoms with van der Waals surface area (Å²) in [5, 5.41) is 0. The lowest BCUT2D eigenvalue weighted by atomic mass is 9.97. The molecule has 0 aliphatic rings. The lowest BCUT2D eigenvalue weighted by Gasteiger charge is -2.19. The highest BCUT2D eigenvalue weighted by molar-refractivity contribution is 5.38. The standard InChI is InChI=1S/C16H18F2N2O/c1-10-3-6-16(21-2)11(7-10)8-15(20-19)13-5-4-12(17)9-14(13)18/h3-7,9,15,20H,8,19H2,1-2H3. The first-order valence-corrected chi connectivity index (χ1v) is 6.59. The SMILES string of the molecule is COc1ccc(C)cc1CC(NN)c1ccc(F)cc1F. The molecule has 2 rings (SSSR count). The first kappa shape index (κ1) is 15.4. The summed E-state index contributed by atoms with van der Waals surface area (Å²) >= 11 is 0. The van der Waals surface area contributed by atoms with Gasteiger partial charge < -0.3 is 4.74 Å². The number of methoxy groups -OCH3 is 1. The van der Waals surface area contributed by atoms with Crippen LogP contribution in [-0.2, 0) is 6.42 Å². The van der Waals surface area contributed by atoms with Crippen LogP contribution in [0.15, 0.2) is 36.4 Å². The summed E-state index contributed by atoms with van der Waals surface area (Å²) in [6.45, 7) is 1.96. The van der Waals surface area contributed by atoms with Crippen LogP contribution in [0.25, 0.3) is 0 Å². The summed E-state index contributed by atoms with van der Waals surface area (Å²) in [5.41, 5.74) is 4.88. The van der Waals surface area contributed by atoms with Crippen LogP contribution in [0, 0.1) is 18.6 Å². The van der Waals surface area contributed by atoms with Gasteiger partial charge in [-0.2, -0.15) is 0 Å². The number of hydrazine groups is 1. The lowest BCUT2D eigenvalue weighted by Crippen LogP contribution is -2.30. The van der Waals surface area contributed by atoms with Gasteiger partial charge in [-0.3, -0.25) is 11.3 Å². The van der Waals surface area contributed by atoms with Gasteiger partial charge >= 0.3 is 0 Å². The molecule has 3 nitrogen and oxygen atoms in total. The highest BCUT2D eigenvalue weighted by Crippen LogP contribution is 2.27. The molecule has 0 amide bonds. The fraction of sp³-hybridized carbons (Fsp3) is 0.250. The molecule has 3 N–H and O–H groups in total. The number of aryl methyl sites for hydroxylation is 1. The zero-order chi connectivity index (χ0) is 15.4. The Labute approximate surface area is 122 Å². The lowest BCUT2D eigenvalue weighted by molar-refractivity contribution is 0.404. The Morgan fingerprint density at radius 2 is 1.95 bits per heavy atom. The fourth-order valence-corrected chi connectivity index (χ4v) is 2.33. The maximum Gasteiger partial charge on any atom is 0.130 e. The zero-order valence-corrected chi connectivity index (χ0v) is 12.0. The molecule has 0 fully saturated rings. The van der Waals surface area contributed by atoms with Crippen LogP contribution in [0.5, 0.6) is 5.75 Å². The summed E-state index contributed by atoms with van der Waals surface area (Å²) in [7, 11) is 1.58. The smallest absolute Gasteiger partial charge is 0.130 e. The van der Waals surface area contributed by atoms with Crippen LogP contribution in [0.2, 0.25) is 0 Å². The first-order chi connectivity index (χ1) is 10.0. The van der Waals surface area contributed by atoms with Crippen molar-refractivity contribution in [3.05, 3.63) is 64.7 Å². The molecule has 21 heavy (non-hydrogen) atoms. The highest BCUT2D eigenvalue weighted by atomic mass is 19.1. The third kappa shape index (κ3) is 3.56. The summed E-state index contributed by atoms with van der Waals surface area (Å²) in [6, 6.07) is 8.76. The molecule has 5 heteroatoms. The number of nitrogens with two attached hydrogens (primary N) is 1. The Hall–Kier alpha value is -1.98. The van der Waals surface area contributed by atoms with E-state index in [9.17, 15) is 8.78 Å². The van der Waals surface area contributed by atoms with Gasteiger partial charge in [-0.15, -0.1) is 0 Å². The van der Waals surface area contributed by atoms with E-state index in [1.54, 1.807) is 7.11 Å². The average Bonchev–Trinajstić information content (AvgIpc) is 2.45. The second kappa shape index (κ2) is 6.65. The summed E-state index contributed by atoms with van der Waals surface area (Å²) in [6.07, 6.45) is 0.434. The van der Waals surface area contributed by atoms with Crippen LogP contribution in [0.3, 0.4) is 0 Å². The molecule has 0 radical (unpaired) electrons. The number of hydrogen-bond donors (Lipinski definition) is 2. The number of hydrogen-bond acceptors (Lipinski definition) is 3. The number of benzene rings is 2. The van der Waals surface area contributed by atoms with Crippen LogP contribution < -0.4 is 16.0 Å². The summed E-state index contributed by atoms with van der Waals surface area (Å²) in [5.74, 6) is 5.02. The second-order valence-electron chi connectivity index (χ2n) is 4.90. The molecular weight excluding hydrogens is 274 g/mol. The van der Waals surface area contributed by atoms with E-state index < -0.39 is 17.7 Å².